The highest BCUT2D eigenvalue weighted by Gasteiger charge is 2.05. The van der Waals surface area contributed by atoms with Crippen LogP contribution in [0.15, 0.2) is 47.4 Å². The Labute approximate surface area is 111 Å². The molecule has 1 heterocycles. The molecule has 3 nitrogen and oxygen atoms in total. The monoisotopic (exact) mass is 260 g/mol. The third-order valence-electron chi connectivity index (χ3n) is 2.84. The topological polar surface area (TPSA) is 26.9 Å². The van der Waals surface area contributed by atoms with Crippen molar-refractivity contribution in [3.63, 3.8) is 0 Å². The summed E-state index contributed by atoms with van der Waals surface area (Å²) in [6, 6.07) is 11.7. The Morgan fingerprint density at radius 1 is 1.17 bits per heavy atom. The second-order valence-electron chi connectivity index (χ2n) is 4.51. The van der Waals surface area contributed by atoms with Gasteiger partial charge in [-0.15, -0.1) is 0 Å². The maximum absolute atomic E-state index is 11.9. The van der Waals surface area contributed by atoms with E-state index in [9.17, 15) is 4.79 Å². The Morgan fingerprint density at radius 3 is 2.44 bits per heavy atom. The molecule has 0 unspecified atom stereocenters. The van der Waals surface area contributed by atoms with Crippen molar-refractivity contribution in [3.8, 4) is 0 Å². The summed E-state index contributed by atoms with van der Waals surface area (Å²) in [5.74, 6) is 0. The molecule has 0 aliphatic carbocycles. The van der Waals surface area contributed by atoms with Gasteiger partial charge >= 0.3 is 0 Å². The third kappa shape index (κ3) is 2.59. The highest BCUT2D eigenvalue weighted by Crippen LogP contribution is 2.06. The average molecular weight is 260 g/mol. The number of aromatic nitrogens is 2. The zero-order valence-corrected chi connectivity index (χ0v) is 11.4. The van der Waals surface area contributed by atoms with Gasteiger partial charge in [-0.05, 0) is 31.6 Å². The molecule has 0 aliphatic rings. The molecule has 2 aromatic rings. The minimum atomic E-state index is -0.0549. The van der Waals surface area contributed by atoms with Gasteiger partial charge in [-0.2, -0.15) is 0 Å². The van der Waals surface area contributed by atoms with Crippen LogP contribution < -0.4 is 5.56 Å². The Bertz CT molecular complexity index is 641. The first-order valence-corrected chi connectivity index (χ1v) is 6.36. The van der Waals surface area contributed by atoms with Gasteiger partial charge in [-0.3, -0.25) is 9.36 Å². The summed E-state index contributed by atoms with van der Waals surface area (Å²) in [7, 11) is 0. The predicted molar refractivity (Wildman–Crippen MR) is 75.5 cm³/mol. The van der Waals surface area contributed by atoms with Gasteiger partial charge in [0.25, 0.3) is 5.56 Å². The summed E-state index contributed by atoms with van der Waals surface area (Å²) < 4.78 is 4.13. The van der Waals surface area contributed by atoms with E-state index in [1.165, 1.54) is 0 Å². The number of hydrogen-bond donors (Lipinski definition) is 0. The smallest absolute Gasteiger partial charge is 0.254 e. The Kier molecular flexibility index (Phi) is 3.77. The fourth-order valence-electron chi connectivity index (χ4n) is 1.84. The molecule has 0 bridgehead atoms. The van der Waals surface area contributed by atoms with Crippen LogP contribution >= 0.6 is 12.2 Å². The van der Waals surface area contributed by atoms with E-state index in [0.717, 1.165) is 5.56 Å². The molecule has 0 atom stereocenters. The number of benzene rings is 1. The molecule has 1 aromatic heterocycles. The van der Waals surface area contributed by atoms with Crippen LogP contribution in [0.1, 0.15) is 25.5 Å². The molecule has 94 valence electrons. The lowest BCUT2D eigenvalue weighted by atomic mass is 10.2. The van der Waals surface area contributed by atoms with E-state index < -0.39 is 0 Å². The van der Waals surface area contributed by atoms with Gasteiger partial charge in [0.1, 0.15) is 0 Å². The highest BCUT2D eigenvalue weighted by atomic mass is 32.1. The first kappa shape index (κ1) is 12.8. The van der Waals surface area contributed by atoms with Gasteiger partial charge in [-0.1, -0.05) is 30.3 Å². The van der Waals surface area contributed by atoms with Crippen LogP contribution in [-0.4, -0.2) is 9.13 Å². The molecular weight excluding hydrogens is 244 g/mol. The Hall–Kier alpha value is -1.68. The summed E-state index contributed by atoms with van der Waals surface area (Å²) in [6.07, 6.45) is 1.76. The molecule has 18 heavy (non-hydrogen) atoms. The summed E-state index contributed by atoms with van der Waals surface area (Å²) in [5.41, 5.74) is 1.02. The summed E-state index contributed by atoms with van der Waals surface area (Å²) >= 11 is 5.38. The standard InChI is InChI=1S/C14H16N2OS/c1-11(2)15-9-8-13(17)16(14(15)18)10-12-6-4-3-5-7-12/h3-9,11H,10H2,1-2H3. The van der Waals surface area contributed by atoms with Crippen molar-refractivity contribution in [2.75, 3.05) is 0 Å². The molecule has 0 N–H and O–H groups in total. The molecule has 0 radical (unpaired) electrons. The number of rotatable bonds is 3. The summed E-state index contributed by atoms with van der Waals surface area (Å²) in [6.45, 7) is 4.62. The first-order valence-electron chi connectivity index (χ1n) is 5.95. The zero-order chi connectivity index (χ0) is 13.1. The van der Waals surface area contributed by atoms with Gasteiger partial charge in [0.2, 0.25) is 0 Å². The van der Waals surface area contributed by atoms with Crippen molar-refractivity contribution < 1.29 is 0 Å². The largest absolute Gasteiger partial charge is 0.322 e. The van der Waals surface area contributed by atoms with Crippen LogP contribution in [0.4, 0.5) is 0 Å². The normalized spacial score (nSPS) is 10.8. The van der Waals surface area contributed by atoms with Crippen molar-refractivity contribution in [3.05, 3.63) is 63.3 Å². The Morgan fingerprint density at radius 2 is 1.83 bits per heavy atom. The maximum atomic E-state index is 11.9. The summed E-state index contributed by atoms with van der Waals surface area (Å²) in [4.78, 5) is 11.9. The molecule has 0 saturated carbocycles. The lowest BCUT2D eigenvalue weighted by molar-refractivity contribution is 0.539. The first-order chi connectivity index (χ1) is 8.59. The van der Waals surface area contributed by atoms with Gasteiger partial charge in [-0.25, -0.2) is 0 Å². The molecule has 0 spiro atoms. The van der Waals surface area contributed by atoms with Crippen LogP contribution in [0.2, 0.25) is 0 Å². The minimum Gasteiger partial charge on any atom is -0.322 e. The highest BCUT2D eigenvalue weighted by molar-refractivity contribution is 7.71. The average Bonchev–Trinajstić information content (AvgIpc) is 2.35. The van der Waals surface area contributed by atoms with Crippen LogP contribution in [0.5, 0.6) is 0 Å². The van der Waals surface area contributed by atoms with E-state index >= 15 is 0 Å². The molecule has 4 heteroatoms. The Balaban J connectivity index is 2.48. The van der Waals surface area contributed by atoms with E-state index in [0.29, 0.717) is 11.3 Å². The summed E-state index contributed by atoms with van der Waals surface area (Å²) in [5, 5.41) is 0. The zero-order valence-electron chi connectivity index (χ0n) is 10.5. The molecular formula is C14H16N2OS. The van der Waals surface area contributed by atoms with Gasteiger partial charge < -0.3 is 4.57 Å². The van der Waals surface area contributed by atoms with E-state index in [2.05, 4.69) is 0 Å². The lowest BCUT2D eigenvalue weighted by Crippen LogP contribution is -2.24. The van der Waals surface area contributed by atoms with E-state index in [1.54, 1.807) is 16.8 Å². The lowest BCUT2D eigenvalue weighted by Gasteiger charge is -2.14. The van der Waals surface area contributed by atoms with Crippen molar-refractivity contribution in [1.82, 2.24) is 9.13 Å². The fourth-order valence-corrected chi connectivity index (χ4v) is 2.26. The van der Waals surface area contributed by atoms with Crippen molar-refractivity contribution >= 4 is 12.2 Å². The van der Waals surface area contributed by atoms with Crippen molar-refractivity contribution in [2.45, 2.75) is 26.4 Å². The van der Waals surface area contributed by atoms with Crippen LogP contribution in [-0.2, 0) is 6.54 Å². The number of hydrogen-bond acceptors (Lipinski definition) is 2. The SMILES string of the molecule is CC(C)n1ccc(=O)n(Cc2ccccc2)c1=S. The van der Waals surface area contributed by atoms with Crippen molar-refractivity contribution in [2.24, 2.45) is 0 Å². The second-order valence-corrected chi connectivity index (χ2v) is 4.87. The predicted octanol–water partition coefficient (Wildman–Crippen LogP) is 3.01. The third-order valence-corrected chi connectivity index (χ3v) is 3.27. The molecule has 0 aliphatic heterocycles. The van der Waals surface area contributed by atoms with Crippen LogP contribution in [0.25, 0.3) is 0 Å². The van der Waals surface area contributed by atoms with E-state index in [-0.39, 0.29) is 11.6 Å². The van der Waals surface area contributed by atoms with E-state index in [4.69, 9.17) is 12.2 Å². The molecule has 0 amide bonds. The quantitative estimate of drug-likeness (QED) is 0.793. The molecule has 0 saturated heterocycles. The molecule has 1 aromatic carbocycles. The second kappa shape index (κ2) is 5.31. The maximum Gasteiger partial charge on any atom is 0.254 e. The molecule has 2 rings (SSSR count). The van der Waals surface area contributed by atoms with Crippen LogP contribution in [0, 0.1) is 4.77 Å². The van der Waals surface area contributed by atoms with Crippen LogP contribution in [0.3, 0.4) is 0 Å². The van der Waals surface area contributed by atoms with Gasteiger partial charge in [0.05, 0.1) is 6.54 Å². The fraction of sp³-hybridized carbons (Fsp3) is 0.286. The minimum absolute atomic E-state index is 0.0549. The molecule has 0 fully saturated rings. The number of nitrogens with zero attached hydrogens (tertiary/aromatic N) is 2. The van der Waals surface area contributed by atoms with Gasteiger partial charge in [0.15, 0.2) is 4.77 Å². The van der Waals surface area contributed by atoms with E-state index in [1.807, 2.05) is 48.7 Å². The van der Waals surface area contributed by atoms with Crippen molar-refractivity contribution in [1.29, 1.82) is 0 Å². The van der Waals surface area contributed by atoms with Gasteiger partial charge in [0, 0.05) is 18.3 Å².